The van der Waals surface area contributed by atoms with Crippen LogP contribution in [0.25, 0.3) is 0 Å². The van der Waals surface area contributed by atoms with Gasteiger partial charge in [0, 0.05) is 12.1 Å². The summed E-state index contributed by atoms with van der Waals surface area (Å²) >= 11 is 0. The molecule has 0 aromatic heterocycles. The molecule has 134 valence electrons. The Morgan fingerprint density at radius 3 is 2.21 bits per heavy atom. The second kappa shape index (κ2) is 11.3. The molecular formula is C22H35NO. The summed E-state index contributed by atoms with van der Waals surface area (Å²) in [5.74, 6) is 0.0999. The molecule has 24 heavy (non-hydrogen) atoms. The molecule has 2 heteroatoms. The van der Waals surface area contributed by atoms with E-state index in [9.17, 15) is 4.79 Å². The Morgan fingerprint density at radius 2 is 1.50 bits per heavy atom. The van der Waals surface area contributed by atoms with Gasteiger partial charge < -0.3 is 5.32 Å². The van der Waals surface area contributed by atoms with Crippen molar-refractivity contribution in [3.63, 3.8) is 0 Å². The van der Waals surface area contributed by atoms with E-state index in [-0.39, 0.29) is 5.91 Å². The maximum atomic E-state index is 12.3. The molecule has 1 aromatic rings. The minimum atomic E-state index is 0.0999. The van der Waals surface area contributed by atoms with Crippen LogP contribution in [0.1, 0.15) is 99.0 Å². The predicted molar refractivity (Wildman–Crippen MR) is 103 cm³/mol. The van der Waals surface area contributed by atoms with Gasteiger partial charge in [-0.25, -0.2) is 0 Å². The van der Waals surface area contributed by atoms with Crippen LogP contribution < -0.4 is 5.32 Å². The zero-order chi connectivity index (χ0) is 17.0. The molecule has 1 aromatic carbocycles. The number of hydrogen-bond donors (Lipinski definition) is 1. The predicted octanol–water partition coefficient (Wildman–Crippen LogP) is 5.83. The second-order valence-corrected chi connectivity index (χ2v) is 7.27. The van der Waals surface area contributed by atoms with Gasteiger partial charge in [0.05, 0.1) is 0 Å². The smallest absolute Gasteiger partial charge is 0.251 e. The van der Waals surface area contributed by atoms with Crippen molar-refractivity contribution in [3.8, 4) is 0 Å². The number of carbonyl (C=O) groups excluding carboxylic acids is 1. The number of hydrogen-bond acceptors (Lipinski definition) is 1. The maximum absolute atomic E-state index is 12.3. The SMILES string of the molecule is CCCCCCCCCCCNC(=O)c1ccc2c(c1)CCCC2. The van der Waals surface area contributed by atoms with Gasteiger partial charge in [-0.3, -0.25) is 4.79 Å². The van der Waals surface area contributed by atoms with Crippen LogP contribution >= 0.6 is 0 Å². The van der Waals surface area contributed by atoms with E-state index in [4.69, 9.17) is 0 Å². The van der Waals surface area contributed by atoms with E-state index in [0.717, 1.165) is 24.9 Å². The highest BCUT2D eigenvalue weighted by atomic mass is 16.1. The molecule has 0 fully saturated rings. The second-order valence-electron chi connectivity index (χ2n) is 7.27. The van der Waals surface area contributed by atoms with Crippen molar-refractivity contribution in [2.24, 2.45) is 0 Å². The number of unbranched alkanes of at least 4 members (excludes halogenated alkanes) is 8. The Balaban J connectivity index is 1.55. The zero-order valence-corrected chi connectivity index (χ0v) is 15.5. The van der Waals surface area contributed by atoms with Crippen LogP contribution in [-0.2, 0) is 12.8 Å². The average Bonchev–Trinajstić information content (AvgIpc) is 2.62. The fourth-order valence-electron chi connectivity index (χ4n) is 3.61. The van der Waals surface area contributed by atoms with Crippen LogP contribution in [-0.4, -0.2) is 12.5 Å². The third-order valence-electron chi connectivity index (χ3n) is 5.18. The van der Waals surface area contributed by atoms with Crippen LogP contribution in [0.4, 0.5) is 0 Å². The first-order valence-electron chi connectivity index (χ1n) is 10.2. The maximum Gasteiger partial charge on any atom is 0.251 e. The molecule has 0 unspecified atom stereocenters. The number of fused-ring (bicyclic) bond motifs is 1. The van der Waals surface area contributed by atoms with E-state index in [1.165, 1.54) is 81.8 Å². The monoisotopic (exact) mass is 329 g/mol. The lowest BCUT2D eigenvalue weighted by Crippen LogP contribution is -2.24. The minimum Gasteiger partial charge on any atom is -0.352 e. The van der Waals surface area contributed by atoms with Gasteiger partial charge in [-0.05, 0) is 55.4 Å². The Morgan fingerprint density at radius 1 is 0.875 bits per heavy atom. The molecule has 0 atom stereocenters. The van der Waals surface area contributed by atoms with Crippen LogP contribution in [0.5, 0.6) is 0 Å². The van der Waals surface area contributed by atoms with Crippen molar-refractivity contribution in [3.05, 3.63) is 34.9 Å². The van der Waals surface area contributed by atoms with E-state index in [2.05, 4.69) is 24.4 Å². The van der Waals surface area contributed by atoms with Gasteiger partial charge in [0.25, 0.3) is 5.91 Å². The number of nitrogens with one attached hydrogen (secondary N) is 1. The molecular weight excluding hydrogens is 294 g/mol. The molecule has 1 amide bonds. The first-order valence-corrected chi connectivity index (χ1v) is 10.2. The van der Waals surface area contributed by atoms with Crippen molar-refractivity contribution in [2.45, 2.75) is 90.4 Å². The van der Waals surface area contributed by atoms with Crippen LogP contribution in [0.2, 0.25) is 0 Å². The Labute approximate surface area is 148 Å². The van der Waals surface area contributed by atoms with Gasteiger partial charge in [0.2, 0.25) is 0 Å². The van der Waals surface area contributed by atoms with Crippen molar-refractivity contribution < 1.29 is 4.79 Å². The van der Waals surface area contributed by atoms with Gasteiger partial charge in [-0.1, -0.05) is 64.4 Å². The van der Waals surface area contributed by atoms with Gasteiger partial charge >= 0.3 is 0 Å². The fourth-order valence-corrected chi connectivity index (χ4v) is 3.61. The quantitative estimate of drug-likeness (QED) is 0.509. The van der Waals surface area contributed by atoms with Crippen molar-refractivity contribution >= 4 is 5.91 Å². The van der Waals surface area contributed by atoms with Gasteiger partial charge in [0.1, 0.15) is 0 Å². The molecule has 0 radical (unpaired) electrons. The third-order valence-corrected chi connectivity index (χ3v) is 5.18. The highest BCUT2D eigenvalue weighted by Gasteiger charge is 2.12. The minimum absolute atomic E-state index is 0.0999. The fraction of sp³-hybridized carbons (Fsp3) is 0.682. The van der Waals surface area contributed by atoms with Crippen molar-refractivity contribution in [1.29, 1.82) is 0 Å². The highest BCUT2D eigenvalue weighted by molar-refractivity contribution is 5.94. The van der Waals surface area contributed by atoms with Crippen molar-refractivity contribution in [2.75, 3.05) is 6.54 Å². The number of aryl methyl sites for hydroxylation is 2. The molecule has 1 aliphatic rings. The van der Waals surface area contributed by atoms with Crippen molar-refractivity contribution in [1.82, 2.24) is 5.32 Å². The van der Waals surface area contributed by atoms with Crippen LogP contribution in [0.3, 0.4) is 0 Å². The molecule has 0 saturated carbocycles. The van der Waals surface area contributed by atoms with Gasteiger partial charge in [-0.2, -0.15) is 0 Å². The summed E-state index contributed by atoms with van der Waals surface area (Å²) in [7, 11) is 0. The summed E-state index contributed by atoms with van der Waals surface area (Å²) in [6, 6.07) is 6.26. The van der Waals surface area contributed by atoms with Crippen LogP contribution in [0, 0.1) is 0 Å². The highest BCUT2D eigenvalue weighted by Crippen LogP contribution is 2.22. The van der Waals surface area contributed by atoms with Crippen LogP contribution in [0.15, 0.2) is 18.2 Å². The Bertz CT molecular complexity index is 495. The average molecular weight is 330 g/mol. The topological polar surface area (TPSA) is 29.1 Å². The molecule has 0 saturated heterocycles. The number of rotatable bonds is 11. The number of amides is 1. The number of carbonyl (C=O) groups is 1. The summed E-state index contributed by atoms with van der Waals surface area (Å²) < 4.78 is 0. The molecule has 2 nitrogen and oxygen atoms in total. The first kappa shape index (κ1) is 19.0. The molecule has 1 aliphatic carbocycles. The molecule has 0 bridgehead atoms. The summed E-state index contributed by atoms with van der Waals surface area (Å²) in [6.07, 6.45) is 16.7. The molecule has 0 heterocycles. The zero-order valence-electron chi connectivity index (χ0n) is 15.5. The lowest BCUT2D eigenvalue weighted by Gasteiger charge is -2.16. The van der Waals surface area contributed by atoms with E-state index in [1.54, 1.807) is 0 Å². The Kier molecular flexibility index (Phi) is 8.94. The lowest BCUT2D eigenvalue weighted by atomic mass is 9.90. The molecule has 0 spiro atoms. The standard InChI is InChI=1S/C22H35NO/c1-2-3-4-5-6-7-8-9-12-17-23-22(24)21-16-15-19-13-10-11-14-20(19)18-21/h15-16,18H,2-14,17H2,1H3,(H,23,24). The molecule has 1 N–H and O–H groups in total. The summed E-state index contributed by atoms with van der Waals surface area (Å²) in [5.41, 5.74) is 3.67. The van der Waals surface area contributed by atoms with E-state index in [1.807, 2.05) is 6.07 Å². The number of benzene rings is 1. The first-order chi connectivity index (χ1) is 11.8. The summed E-state index contributed by atoms with van der Waals surface area (Å²) in [4.78, 5) is 12.3. The summed E-state index contributed by atoms with van der Waals surface area (Å²) in [5, 5.41) is 3.09. The van der Waals surface area contributed by atoms with E-state index in [0.29, 0.717) is 0 Å². The van der Waals surface area contributed by atoms with E-state index >= 15 is 0 Å². The van der Waals surface area contributed by atoms with Gasteiger partial charge in [-0.15, -0.1) is 0 Å². The lowest BCUT2D eigenvalue weighted by molar-refractivity contribution is 0.0953. The summed E-state index contributed by atoms with van der Waals surface area (Å²) in [6.45, 7) is 3.07. The Hall–Kier alpha value is -1.31. The largest absolute Gasteiger partial charge is 0.352 e. The molecule has 2 rings (SSSR count). The normalized spacial score (nSPS) is 13.5. The van der Waals surface area contributed by atoms with E-state index < -0.39 is 0 Å². The molecule has 0 aliphatic heterocycles. The van der Waals surface area contributed by atoms with Gasteiger partial charge in [0.15, 0.2) is 0 Å². The third kappa shape index (κ3) is 6.67.